The Morgan fingerprint density at radius 1 is 1.21 bits per heavy atom. The Labute approximate surface area is 142 Å². The predicted molar refractivity (Wildman–Crippen MR) is 89.5 cm³/mol. The van der Waals surface area contributed by atoms with Crippen LogP contribution in [0.2, 0.25) is 0 Å². The second-order valence-electron chi connectivity index (χ2n) is 7.04. The number of aliphatic carboxylic acids is 1. The van der Waals surface area contributed by atoms with E-state index in [2.05, 4.69) is 0 Å². The number of rotatable bonds is 5. The van der Waals surface area contributed by atoms with Gasteiger partial charge in [0.15, 0.2) is 11.5 Å². The van der Waals surface area contributed by atoms with Crippen LogP contribution >= 0.6 is 0 Å². The van der Waals surface area contributed by atoms with Crippen molar-refractivity contribution in [1.82, 2.24) is 4.90 Å². The minimum Gasteiger partial charge on any atom is -0.493 e. The van der Waals surface area contributed by atoms with E-state index in [1.807, 2.05) is 19.9 Å². The Morgan fingerprint density at radius 2 is 1.83 bits per heavy atom. The average molecular weight is 335 g/mol. The number of carboxylic acid groups (broad SMARTS) is 1. The molecule has 1 atom stereocenters. The molecule has 0 radical (unpaired) electrons. The lowest BCUT2D eigenvalue weighted by Crippen LogP contribution is -2.44. The third-order valence-corrected chi connectivity index (χ3v) is 4.92. The highest BCUT2D eigenvalue weighted by Gasteiger charge is 2.45. The Kier molecular flexibility index (Phi) is 4.78. The normalized spacial score (nSPS) is 20.8. The summed E-state index contributed by atoms with van der Waals surface area (Å²) >= 11 is 0. The van der Waals surface area contributed by atoms with Crippen LogP contribution in [0.3, 0.4) is 0 Å². The van der Waals surface area contributed by atoms with Gasteiger partial charge in [-0.15, -0.1) is 0 Å². The summed E-state index contributed by atoms with van der Waals surface area (Å²) in [6.07, 6.45) is 0.468. The molecule has 1 aromatic carbocycles. The molecule has 0 bridgehead atoms. The number of ether oxygens (including phenoxy) is 2. The van der Waals surface area contributed by atoms with E-state index in [9.17, 15) is 14.7 Å². The van der Waals surface area contributed by atoms with Crippen molar-refractivity contribution in [2.24, 2.45) is 5.41 Å². The van der Waals surface area contributed by atoms with Gasteiger partial charge in [-0.25, -0.2) is 0 Å². The van der Waals surface area contributed by atoms with Gasteiger partial charge in [-0.2, -0.15) is 0 Å². The van der Waals surface area contributed by atoms with Crippen molar-refractivity contribution in [3.05, 3.63) is 23.8 Å². The van der Waals surface area contributed by atoms with Crippen LogP contribution in [0.4, 0.5) is 0 Å². The third kappa shape index (κ3) is 3.05. The SMILES string of the molecule is COc1ccc(C(C)(C)C(=O)N2CCC(C)(C(=O)O)C2)cc1OC. The van der Waals surface area contributed by atoms with Crippen molar-refractivity contribution in [3.8, 4) is 11.5 Å². The molecule has 1 aliphatic rings. The van der Waals surface area contributed by atoms with E-state index < -0.39 is 16.8 Å². The number of hydrogen-bond acceptors (Lipinski definition) is 4. The summed E-state index contributed by atoms with van der Waals surface area (Å²) in [7, 11) is 3.11. The zero-order valence-electron chi connectivity index (χ0n) is 14.9. The standard InChI is InChI=1S/C18H25NO5/c1-17(2,12-6-7-13(23-4)14(10-12)24-5)15(20)19-9-8-18(3,11-19)16(21)22/h6-7,10H,8-9,11H2,1-5H3,(H,21,22). The molecule has 132 valence electrons. The second-order valence-corrected chi connectivity index (χ2v) is 7.04. The first-order chi connectivity index (χ1) is 11.2. The van der Waals surface area contributed by atoms with Crippen molar-refractivity contribution >= 4 is 11.9 Å². The van der Waals surface area contributed by atoms with Crippen LogP contribution in [0.1, 0.15) is 32.8 Å². The number of methoxy groups -OCH3 is 2. The molecule has 0 aromatic heterocycles. The topological polar surface area (TPSA) is 76.1 Å². The molecule has 0 saturated carbocycles. The zero-order chi connectivity index (χ0) is 18.1. The van der Waals surface area contributed by atoms with E-state index in [1.54, 1.807) is 38.2 Å². The van der Waals surface area contributed by atoms with Gasteiger partial charge < -0.3 is 19.5 Å². The minimum absolute atomic E-state index is 0.0836. The molecule has 6 nitrogen and oxygen atoms in total. The summed E-state index contributed by atoms with van der Waals surface area (Å²) in [6, 6.07) is 5.41. The van der Waals surface area contributed by atoms with Gasteiger partial charge in [-0.05, 0) is 44.9 Å². The van der Waals surface area contributed by atoms with Gasteiger partial charge in [0.1, 0.15) is 0 Å². The highest BCUT2D eigenvalue weighted by Crippen LogP contribution is 2.37. The maximum Gasteiger partial charge on any atom is 0.311 e. The Balaban J connectivity index is 2.27. The van der Waals surface area contributed by atoms with E-state index in [4.69, 9.17) is 9.47 Å². The fourth-order valence-electron chi connectivity index (χ4n) is 3.05. The minimum atomic E-state index is -0.872. The number of benzene rings is 1. The van der Waals surface area contributed by atoms with Crippen molar-refractivity contribution in [2.45, 2.75) is 32.6 Å². The van der Waals surface area contributed by atoms with E-state index in [0.29, 0.717) is 24.5 Å². The molecule has 1 N–H and O–H groups in total. The molecule has 1 aliphatic heterocycles. The maximum absolute atomic E-state index is 13.0. The van der Waals surface area contributed by atoms with E-state index in [-0.39, 0.29) is 12.5 Å². The molecule has 2 rings (SSSR count). The van der Waals surface area contributed by atoms with Crippen LogP contribution in [0.25, 0.3) is 0 Å². The van der Waals surface area contributed by atoms with Gasteiger partial charge in [-0.3, -0.25) is 9.59 Å². The summed E-state index contributed by atoms with van der Waals surface area (Å²) in [6.45, 7) is 6.06. The molecule has 0 spiro atoms. The molecular weight excluding hydrogens is 310 g/mol. The van der Waals surface area contributed by atoms with Gasteiger partial charge in [0.25, 0.3) is 0 Å². The third-order valence-electron chi connectivity index (χ3n) is 4.92. The monoisotopic (exact) mass is 335 g/mol. The fourth-order valence-corrected chi connectivity index (χ4v) is 3.05. The molecule has 1 unspecified atom stereocenters. The van der Waals surface area contributed by atoms with Crippen molar-refractivity contribution in [1.29, 1.82) is 0 Å². The molecule has 1 saturated heterocycles. The number of carbonyl (C=O) groups is 2. The maximum atomic E-state index is 13.0. The largest absolute Gasteiger partial charge is 0.493 e. The summed E-state index contributed by atoms with van der Waals surface area (Å²) in [5, 5.41) is 9.35. The number of nitrogens with zero attached hydrogens (tertiary/aromatic N) is 1. The first-order valence-electron chi connectivity index (χ1n) is 7.91. The van der Waals surface area contributed by atoms with Gasteiger partial charge in [0.2, 0.25) is 5.91 Å². The first-order valence-corrected chi connectivity index (χ1v) is 7.91. The molecule has 1 amide bonds. The van der Waals surface area contributed by atoms with Crippen molar-refractivity contribution in [3.63, 3.8) is 0 Å². The van der Waals surface area contributed by atoms with Gasteiger partial charge in [0.05, 0.1) is 25.0 Å². The van der Waals surface area contributed by atoms with Crippen LogP contribution in [0.5, 0.6) is 11.5 Å². The zero-order valence-corrected chi connectivity index (χ0v) is 14.9. The predicted octanol–water partition coefficient (Wildman–Crippen LogP) is 2.30. The quantitative estimate of drug-likeness (QED) is 0.893. The lowest BCUT2D eigenvalue weighted by Gasteiger charge is -2.31. The summed E-state index contributed by atoms with van der Waals surface area (Å²) < 4.78 is 10.5. The average Bonchev–Trinajstić information content (AvgIpc) is 2.97. The van der Waals surface area contributed by atoms with Crippen LogP contribution in [0.15, 0.2) is 18.2 Å². The molecule has 0 aliphatic carbocycles. The molecule has 24 heavy (non-hydrogen) atoms. The number of likely N-dealkylation sites (tertiary alicyclic amines) is 1. The number of carbonyl (C=O) groups excluding carboxylic acids is 1. The first kappa shape index (κ1) is 18.1. The van der Waals surface area contributed by atoms with Gasteiger partial charge in [-0.1, -0.05) is 6.07 Å². The molecule has 1 aromatic rings. The molecule has 1 heterocycles. The van der Waals surface area contributed by atoms with E-state index in [0.717, 1.165) is 5.56 Å². The molecule has 6 heteroatoms. The second kappa shape index (κ2) is 6.34. The summed E-state index contributed by atoms with van der Waals surface area (Å²) in [5.74, 6) is 0.221. The van der Waals surface area contributed by atoms with E-state index >= 15 is 0 Å². The Hall–Kier alpha value is -2.24. The highest BCUT2D eigenvalue weighted by molar-refractivity contribution is 5.89. The lowest BCUT2D eigenvalue weighted by molar-refractivity contribution is -0.147. The van der Waals surface area contributed by atoms with Crippen LogP contribution in [0, 0.1) is 5.41 Å². The van der Waals surface area contributed by atoms with Crippen LogP contribution in [-0.2, 0) is 15.0 Å². The number of hydrogen-bond donors (Lipinski definition) is 1. The summed E-state index contributed by atoms with van der Waals surface area (Å²) in [5.41, 5.74) is -0.860. The number of carboxylic acids is 1. The smallest absolute Gasteiger partial charge is 0.311 e. The van der Waals surface area contributed by atoms with Crippen LogP contribution < -0.4 is 9.47 Å². The molecular formula is C18H25NO5. The van der Waals surface area contributed by atoms with Crippen LogP contribution in [-0.4, -0.2) is 49.2 Å². The number of amides is 1. The van der Waals surface area contributed by atoms with Crippen molar-refractivity contribution in [2.75, 3.05) is 27.3 Å². The Bertz CT molecular complexity index is 655. The van der Waals surface area contributed by atoms with Gasteiger partial charge in [0, 0.05) is 13.1 Å². The van der Waals surface area contributed by atoms with Crippen molar-refractivity contribution < 1.29 is 24.2 Å². The van der Waals surface area contributed by atoms with E-state index in [1.165, 1.54) is 0 Å². The lowest BCUT2D eigenvalue weighted by atomic mass is 9.82. The van der Waals surface area contributed by atoms with Gasteiger partial charge >= 0.3 is 5.97 Å². The Morgan fingerprint density at radius 3 is 2.33 bits per heavy atom. The highest BCUT2D eigenvalue weighted by atomic mass is 16.5. The summed E-state index contributed by atoms with van der Waals surface area (Å²) in [4.78, 5) is 26.0. The fraction of sp³-hybridized carbons (Fsp3) is 0.556. The molecule has 1 fully saturated rings.